The van der Waals surface area contributed by atoms with Gasteiger partial charge in [0.1, 0.15) is 12.1 Å². The summed E-state index contributed by atoms with van der Waals surface area (Å²) in [6.45, 7) is 5.02. The summed E-state index contributed by atoms with van der Waals surface area (Å²) in [7, 11) is 1.48. The highest BCUT2D eigenvalue weighted by molar-refractivity contribution is 6.09. The van der Waals surface area contributed by atoms with Crippen molar-refractivity contribution in [2.45, 2.75) is 39.2 Å². The van der Waals surface area contributed by atoms with Gasteiger partial charge < -0.3 is 15.5 Å². The summed E-state index contributed by atoms with van der Waals surface area (Å²) in [6.07, 6.45) is 1.78. The van der Waals surface area contributed by atoms with E-state index in [1.54, 1.807) is 13.0 Å². The standard InChI is InChI=1S/C20H26N4O4/c1-12-6-5-7-15(13(12)2)21-16(25)10-23(4)17(26)11-24-18(27)20(3,14-8-9-14)22-19(24)28/h5-7,14H,8-11H2,1-4H3,(H,21,25)(H,22,28)/t20-/m1/s1. The molecule has 1 aliphatic carbocycles. The summed E-state index contributed by atoms with van der Waals surface area (Å²) in [5, 5.41) is 5.50. The number of carbonyl (C=O) groups is 4. The molecule has 0 bridgehead atoms. The summed E-state index contributed by atoms with van der Waals surface area (Å²) in [6, 6.07) is 5.05. The van der Waals surface area contributed by atoms with Gasteiger partial charge in [0.05, 0.1) is 6.54 Å². The smallest absolute Gasteiger partial charge is 0.325 e. The maximum Gasteiger partial charge on any atom is 0.325 e. The molecule has 0 spiro atoms. The average Bonchev–Trinajstić information content (AvgIpc) is 3.45. The second kappa shape index (κ2) is 7.26. The summed E-state index contributed by atoms with van der Waals surface area (Å²) in [4.78, 5) is 51.7. The van der Waals surface area contributed by atoms with Gasteiger partial charge in [0, 0.05) is 12.7 Å². The topological polar surface area (TPSA) is 98.8 Å². The molecule has 1 aromatic rings. The molecule has 2 fully saturated rings. The fourth-order valence-corrected chi connectivity index (χ4v) is 3.43. The number of anilines is 1. The van der Waals surface area contributed by atoms with Crippen molar-refractivity contribution in [3.63, 3.8) is 0 Å². The first-order valence-corrected chi connectivity index (χ1v) is 9.37. The van der Waals surface area contributed by atoms with Crippen LogP contribution in [0.1, 0.15) is 30.9 Å². The number of amides is 5. The fourth-order valence-electron chi connectivity index (χ4n) is 3.43. The van der Waals surface area contributed by atoms with Gasteiger partial charge in [-0.3, -0.25) is 19.3 Å². The number of rotatable bonds is 6. The highest BCUT2D eigenvalue weighted by Gasteiger charge is 2.56. The quantitative estimate of drug-likeness (QED) is 0.723. The molecule has 28 heavy (non-hydrogen) atoms. The molecule has 8 nitrogen and oxygen atoms in total. The van der Waals surface area contributed by atoms with E-state index >= 15 is 0 Å². The molecule has 3 rings (SSSR count). The lowest BCUT2D eigenvalue weighted by Gasteiger charge is -2.22. The molecule has 2 aliphatic rings. The third-order valence-corrected chi connectivity index (χ3v) is 5.67. The van der Waals surface area contributed by atoms with Gasteiger partial charge in [-0.1, -0.05) is 12.1 Å². The first-order chi connectivity index (χ1) is 13.1. The maximum absolute atomic E-state index is 12.6. The predicted octanol–water partition coefficient (Wildman–Crippen LogP) is 1.42. The van der Waals surface area contributed by atoms with Crippen LogP contribution in [0.25, 0.3) is 0 Å². The van der Waals surface area contributed by atoms with Crippen molar-refractivity contribution in [1.29, 1.82) is 0 Å². The van der Waals surface area contributed by atoms with Gasteiger partial charge in [0.2, 0.25) is 11.8 Å². The van der Waals surface area contributed by atoms with E-state index < -0.39 is 17.5 Å². The van der Waals surface area contributed by atoms with Gasteiger partial charge in [-0.15, -0.1) is 0 Å². The van der Waals surface area contributed by atoms with E-state index in [-0.39, 0.29) is 30.8 Å². The molecule has 0 aromatic heterocycles. The lowest BCUT2D eigenvalue weighted by atomic mass is 9.96. The van der Waals surface area contributed by atoms with Crippen LogP contribution in [0.2, 0.25) is 0 Å². The van der Waals surface area contributed by atoms with Crippen molar-refractivity contribution in [3.8, 4) is 0 Å². The maximum atomic E-state index is 12.6. The van der Waals surface area contributed by atoms with Gasteiger partial charge in [-0.25, -0.2) is 4.79 Å². The Balaban J connectivity index is 1.57. The zero-order valence-corrected chi connectivity index (χ0v) is 16.7. The molecule has 1 heterocycles. The van der Waals surface area contributed by atoms with Crippen LogP contribution in [0.4, 0.5) is 10.5 Å². The van der Waals surface area contributed by atoms with Gasteiger partial charge in [0.25, 0.3) is 5.91 Å². The molecule has 0 radical (unpaired) electrons. The summed E-state index contributed by atoms with van der Waals surface area (Å²) in [5.74, 6) is -1.06. The molecule has 0 unspecified atom stereocenters. The molecule has 1 aromatic carbocycles. The minimum absolute atomic E-state index is 0.130. The normalized spacial score (nSPS) is 21.5. The third kappa shape index (κ3) is 3.72. The number of nitrogens with one attached hydrogen (secondary N) is 2. The van der Waals surface area contributed by atoms with Crippen molar-refractivity contribution in [2.24, 2.45) is 5.92 Å². The molecular formula is C20H26N4O4. The third-order valence-electron chi connectivity index (χ3n) is 5.67. The second-order valence-corrected chi connectivity index (χ2v) is 7.84. The zero-order chi connectivity index (χ0) is 20.6. The second-order valence-electron chi connectivity index (χ2n) is 7.84. The Hall–Kier alpha value is -2.90. The van der Waals surface area contributed by atoms with Crippen molar-refractivity contribution in [3.05, 3.63) is 29.3 Å². The first kappa shape index (κ1) is 19.9. The highest BCUT2D eigenvalue weighted by atomic mass is 16.2. The van der Waals surface area contributed by atoms with Crippen LogP contribution in [0.5, 0.6) is 0 Å². The van der Waals surface area contributed by atoms with Gasteiger partial charge in [-0.2, -0.15) is 0 Å². The van der Waals surface area contributed by atoms with E-state index in [0.29, 0.717) is 5.69 Å². The molecule has 1 saturated carbocycles. The van der Waals surface area contributed by atoms with Crippen LogP contribution >= 0.6 is 0 Å². The van der Waals surface area contributed by atoms with Crippen LogP contribution in [0.15, 0.2) is 18.2 Å². The number of imide groups is 1. The van der Waals surface area contributed by atoms with Crippen LogP contribution in [-0.2, 0) is 14.4 Å². The Morgan fingerprint density at radius 3 is 2.61 bits per heavy atom. The Kier molecular flexibility index (Phi) is 5.14. The number of nitrogens with zero attached hydrogens (tertiary/aromatic N) is 2. The molecule has 1 atom stereocenters. The highest BCUT2D eigenvalue weighted by Crippen LogP contribution is 2.42. The van der Waals surface area contributed by atoms with E-state index in [1.807, 2.05) is 26.0 Å². The van der Waals surface area contributed by atoms with E-state index in [9.17, 15) is 19.2 Å². The van der Waals surface area contributed by atoms with E-state index in [4.69, 9.17) is 0 Å². The number of hydrogen-bond donors (Lipinski definition) is 2. The van der Waals surface area contributed by atoms with Crippen LogP contribution in [0, 0.1) is 19.8 Å². The minimum Gasteiger partial charge on any atom is -0.335 e. The predicted molar refractivity (Wildman–Crippen MR) is 104 cm³/mol. The Bertz CT molecular complexity index is 849. The van der Waals surface area contributed by atoms with Gasteiger partial charge in [0.15, 0.2) is 0 Å². The molecule has 150 valence electrons. The molecule has 1 saturated heterocycles. The Labute approximate surface area is 164 Å². The first-order valence-electron chi connectivity index (χ1n) is 9.37. The molecule has 2 N–H and O–H groups in total. The Morgan fingerprint density at radius 1 is 1.29 bits per heavy atom. The Morgan fingerprint density at radius 2 is 1.96 bits per heavy atom. The van der Waals surface area contributed by atoms with Crippen molar-refractivity contribution in [1.82, 2.24) is 15.1 Å². The van der Waals surface area contributed by atoms with Crippen LogP contribution in [-0.4, -0.2) is 59.2 Å². The van der Waals surface area contributed by atoms with Crippen LogP contribution < -0.4 is 10.6 Å². The molecular weight excluding hydrogens is 360 g/mol. The van der Waals surface area contributed by atoms with Gasteiger partial charge in [-0.05, 0) is 56.7 Å². The lowest BCUT2D eigenvalue weighted by Crippen LogP contribution is -2.47. The van der Waals surface area contributed by atoms with E-state index in [2.05, 4.69) is 10.6 Å². The number of urea groups is 1. The van der Waals surface area contributed by atoms with Crippen LogP contribution in [0.3, 0.4) is 0 Å². The zero-order valence-electron chi connectivity index (χ0n) is 16.7. The SMILES string of the molecule is Cc1cccc(NC(=O)CN(C)C(=O)CN2C(=O)N[C@](C)(C3CC3)C2=O)c1C. The lowest BCUT2D eigenvalue weighted by molar-refractivity contribution is -0.139. The minimum atomic E-state index is -0.921. The van der Waals surface area contributed by atoms with Crippen molar-refractivity contribution in [2.75, 3.05) is 25.5 Å². The summed E-state index contributed by atoms with van der Waals surface area (Å²) in [5.41, 5.74) is 1.79. The summed E-state index contributed by atoms with van der Waals surface area (Å²) >= 11 is 0. The largest absolute Gasteiger partial charge is 0.335 e. The number of carbonyl (C=O) groups excluding carboxylic acids is 4. The summed E-state index contributed by atoms with van der Waals surface area (Å²) < 4.78 is 0. The molecule has 5 amide bonds. The van der Waals surface area contributed by atoms with Crippen molar-refractivity contribution < 1.29 is 19.2 Å². The van der Waals surface area contributed by atoms with Crippen molar-refractivity contribution >= 4 is 29.4 Å². The van der Waals surface area contributed by atoms with E-state index in [0.717, 1.165) is 28.9 Å². The fraction of sp³-hybridized carbons (Fsp3) is 0.500. The monoisotopic (exact) mass is 386 g/mol. The number of benzene rings is 1. The van der Waals surface area contributed by atoms with E-state index in [1.165, 1.54) is 11.9 Å². The number of aryl methyl sites for hydroxylation is 1. The molecule has 1 aliphatic heterocycles. The number of likely N-dealkylation sites (N-methyl/N-ethyl adjacent to an activating group) is 1. The number of hydrogen-bond acceptors (Lipinski definition) is 4. The van der Waals surface area contributed by atoms with Gasteiger partial charge >= 0.3 is 6.03 Å². The molecule has 8 heteroatoms. The average molecular weight is 386 g/mol.